The minimum absolute atomic E-state index is 0.302. The van der Waals surface area contributed by atoms with E-state index in [9.17, 15) is 0 Å². The third-order valence-electron chi connectivity index (χ3n) is 14.3. The van der Waals surface area contributed by atoms with Crippen molar-refractivity contribution in [1.29, 1.82) is 0 Å². The molecule has 70 heavy (non-hydrogen) atoms. The number of rotatable bonds is 6. The Labute approximate surface area is 401 Å². The lowest BCUT2D eigenvalue weighted by Gasteiger charge is -2.18. The lowest BCUT2D eigenvalue weighted by molar-refractivity contribution is 0.669. The highest BCUT2D eigenvalue weighted by Gasteiger charge is 2.36. The van der Waals surface area contributed by atoms with Crippen molar-refractivity contribution in [2.75, 3.05) is 0 Å². The number of furan rings is 2. The van der Waals surface area contributed by atoms with Gasteiger partial charge >= 0.3 is 0 Å². The zero-order valence-electron chi connectivity index (χ0n) is 37.5. The molecule has 1 atom stereocenters. The fourth-order valence-corrected chi connectivity index (χ4v) is 11.4. The summed E-state index contributed by atoms with van der Waals surface area (Å²) >= 11 is 0. The molecule has 1 aliphatic rings. The summed E-state index contributed by atoms with van der Waals surface area (Å²) in [6, 6.07) is 78.9. The summed E-state index contributed by atoms with van der Waals surface area (Å²) in [4.78, 5) is 16.4. The van der Waals surface area contributed by atoms with E-state index in [1.54, 1.807) is 0 Å². The molecule has 4 aromatic heterocycles. The monoisotopic (exact) mass is 894 g/mol. The normalized spacial score (nSPS) is 13.3. The lowest BCUT2D eigenvalue weighted by Crippen LogP contribution is -2.10. The van der Waals surface area contributed by atoms with Crippen molar-refractivity contribution in [3.05, 3.63) is 241 Å². The smallest absolute Gasteiger partial charge is 0.164 e. The van der Waals surface area contributed by atoms with Crippen molar-refractivity contribution in [2.45, 2.75) is 5.92 Å². The SMILES string of the molecule is c1ccc(-c2nc(-c3cccc4oc5ccc(-c6cccc7oc8cccc(-c9ccccc9)c8c67)cc5c34)nc(C3c4ccccc4-c4ccc5c6ccccc6n(-c6ccccc6)c5c43)n2)cc1. The van der Waals surface area contributed by atoms with Gasteiger partial charge in [-0.25, -0.2) is 15.0 Å². The van der Waals surface area contributed by atoms with E-state index in [0.717, 1.165) is 94.0 Å². The van der Waals surface area contributed by atoms with E-state index in [4.69, 9.17) is 23.8 Å². The van der Waals surface area contributed by atoms with Gasteiger partial charge in [-0.2, -0.15) is 0 Å². The van der Waals surface area contributed by atoms with Crippen LogP contribution >= 0.6 is 0 Å². The first-order valence-electron chi connectivity index (χ1n) is 23.7. The number of benzene rings is 10. The predicted molar refractivity (Wildman–Crippen MR) is 283 cm³/mol. The summed E-state index contributed by atoms with van der Waals surface area (Å²) in [5, 5.41) is 6.49. The first-order valence-corrected chi connectivity index (χ1v) is 23.7. The zero-order valence-corrected chi connectivity index (χ0v) is 37.5. The number of aromatic nitrogens is 4. The summed E-state index contributed by atoms with van der Waals surface area (Å²) in [6.07, 6.45) is 0. The summed E-state index contributed by atoms with van der Waals surface area (Å²) in [6.45, 7) is 0. The first-order chi connectivity index (χ1) is 34.7. The van der Waals surface area contributed by atoms with Crippen molar-refractivity contribution in [1.82, 2.24) is 19.5 Å². The van der Waals surface area contributed by atoms with Crippen LogP contribution in [0, 0.1) is 0 Å². The molecule has 0 amide bonds. The molecule has 6 heteroatoms. The van der Waals surface area contributed by atoms with Crippen LogP contribution < -0.4 is 0 Å². The Morgan fingerprint density at radius 3 is 1.73 bits per heavy atom. The standard InChI is InChI=1S/C64H38N4O2/c1-4-17-38(18-5-1)42-26-14-31-54-57(42)58-43(27-15-32-55(58)70-54)40-33-36-52-50(37-40)56-49(28-16-30-53(56)69-52)63-65-62(39-19-6-2-7-20-39)66-64(67-63)60-46-25-11-10-23-44(46)47-34-35-48-45-24-12-13-29-51(45)68(61(48)59(47)60)41-21-8-3-9-22-41/h1-37,60H. The van der Waals surface area contributed by atoms with Crippen LogP contribution in [0.5, 0.6) is 0 Å². The van der Waals surface area contributed by atoms with E-state index in [1.165, 1.54) is 33.0 Å². The van der Waals surface area contributed by atoms with Crippen LogP contribution in [0.3, 0.4) is 0 Å². The van der Waals surface area contributed by atoms with Gasteiger partial charge in [0, 0.05) is 49.1 Å². The fourth-order valence-electron chi connectivity index (χ4n) is 11.4. The third-order valence-corrected chi connectivity index (χ3v) is 14.3. The van der Waals surface area contributed by atoms with Gasteiger partial charge in [0.05, 0.1) is 17.0 Å². The Morgan fingerprint density at radius 1 is 0.357 bits per heavy atom. The molecule has 14 aromatic rings. The van der Waals surface area contributed by atoms with Gasteiger partial charge in [-0.1, -0.05) is 176 Å². The zero-order chi connectivity index (χ0) is 45.9. The fraction of sp³-hybridized carbons (Fsp3) is 0.0156. The van der Waals surface area contributed by atoms with Crippen molar-refractivity contribution < 1.29 is 8.83 Å². The Hall–Kier alpha value is -9.39. The Kier molecular flexibility index (Phi) is 8.32. The highest BCUT2D eigenvalue weighted by atomic mass is 16.3. The van der Waals surface area contributed by atoms with Crippen LogP contribution in [0.4, 0.5) is 0 Å². The minimum Gasteiger partial charge on any atom is -0.456 e. The van der Waals surface area contributed by atoms with Crippen LogP contribution in [-0.4, -0.2) is 19.5 Å². The Bertz CT molecular complexity index is 4420. The highest BCUT2D eigenvalue weighted by Crippen LogP contribution is 2.52. The molecule has 15 rings (SSSR count). The maximum atomic E-state index is 6.70. The van der Waals surface area contributed by atoms with Crippen LogP contribution in [0.25, 0.3) is 128 Å². The first kappa shape index (κ1) is 38.7. The average molecular weight is 895 g/mol. The summed E-state index contributed by atoms with van der Waals surface area (Å²) in [7, 11) is 0. The molecule has 0 spiro atoms. The van der Waals surface area contributed by atoms with Crippen LogP contribution in [0.1, 0.15) is 22.9 Å². The molecule has 0 radical (unpaired) electrons. The number of nitrogens with zero attached hydrogens (tertiary/aromatic N) is 4. The Morgan fingerprint density at radius 2 is 0.957 bits per heavy atom. The number of fused-ring (bicyclic) bond motifs is 13. The van der Waals surface area contributed by atoms with Gasteiger partial charge in [-0.3, -0.25) is 0 Å². The maximum Gasteiger partial charge on any atom is 0.164 e. The second kappa shape index (κ2) is 15.1. The topological polar surface area (TPSA) is 69.9 Å². The number of para-hydroxylation sites is 2. The van der Waals surface area contributed by atoms with Crippen LogP contribution in [0.2, 0.25) is 0 Å². The molecule has 0 saturated carbocycles. The Balaban J connectivity index is 0.976. The van der Waals surface area contributed by atoms with Crippen molar-refractivity contribution in [2.24, 2.45) is 0 Å². The van der Waals surface area contributed by atoms with Crippen LogP contribution in [0.15, 0.2) is 233 Å². The molecule has 1 unspecified atom stereocenters. The van der Waals surface area contributed by atoms with E-state index in [2.05, 4.69) is 199 Å². The molecule has 0 saturated heterocycles. The quantitative estimate of drug-likeness (QED) is 0.166. The summed E-state index contributed by atoms with van der Waals surface area (Å²) < 4.78 is 15.7. The molecule has 0 bridgehead atoms. The molecule has 0 aliphatic heterocycles. The maximum absolute atomic E-state index is 6.70. The highest BCUT2D eigenvalue weighted by molar-refractivity contribution is 6.19. The third kappa shape index (κ3) is 5.71. The molecule has 10 aromatic carbocycles. The van der Waals surface area contributed by atoms with Crippen LogP contribution in [-0.2, 0) is 0 Å². The summed E-state index contributed by atoms with van der Waals surface area (Å²) in [5.74, 6) is 1.58. The number of hydrogen-bond donors (Lipinski definition) is 0. The molecule has 326 valence electrons. The van der Waals surface area contributed by atoms with E-state index in [0.29, 0.717) is 17.5 Å². The van der Waals surface area contributed by atoms with E-state index in [1.807, 2.05) is 30.3 Å². The average Bonchev–Trinajstić information content (AvgIpc) is 4.19. The largest absolute Gasteiger partial charge is 0.456 e. The molecule has 1 aliphatic carbocycles. The van der Waals surface area contributed by atoms with E-state index >= 15 is 0 Å². The van der Waals surface area contributed by atoms with Gasteiger partial charge < -0.3 is 13.4 Å². The van der Waals surface area contributed by atoms with Gasteiger partial charge in [0.25, 0.3) is 0 Å². The van der Waals surface area contributed by atoms with E-state index < -0.39 is 0 Å². The second-order valence-corrected chi connectivity index (χ2v) is 18.2. The van der Waals surface area contributed by atoms with Gasteiger partial charge in [0.2, 0.25) is 0 Å². The molecule has 0 fully saturated rings. The predicted octanol–water partition coefficient (Wildman–Crippen LogP) is 16.6. The van der Waals surface area contributed by atoms with E-state index in [-0.39, 0.29) is 5.92 Å². The van der Waals surface area contributed by atoms with Crippen molar-refractivity contribution >= 4 is 65.7 Å². The molecule has 0 N–H and O–H groups in total. The van der Waals surface area contributed by atoms with Crippen molar-refractivity contribution in [3.8, 4) is 61.8 Å². The molecular weight excluding hydrogens is 857 g/mol. The second-order valence-electron chi connectivity index (χ2n) is 18.2. The molecule has 4 heterocycles. The van der Waals surface area contributed by atoms with Gasteiger partial charge in [-0.05, 0) is 93.0 Å². The van der Waals surface area contributed by atoms with Gasteiger partial charge in [0.15, 0.2) is 11.6 Å². The van der Waals surface area contributed by atoms with Gasteiger partial charge in [0.1, 0.15) is 28.2 Å². The van der Waals surface area contributed by atoms with Crippen molar-refractivity contribution in [3.63, 3.8) is 0 Å². The van der Waals surface area contributed by atoms with Gasteiger partial charge in [-0.15, -0.1) is 0 Å². The lowest BCUT2D eigenvalue weighted by atomic mass is 9.93. The molecular formula is C64H38N4O2. The summed E-state index contributed by atoms with van der Waals surface area (Å²) in [5.41, 5.74) is 17.6. The number of hydrogen-bond acceptors (Lipinski definition) is 5. The minimum atomic E-state index is -0.302. The molecule has 6 nitrogen and oxygen atoms in total.